The van der Waals surface area contributed by atoms with Crippen molar-refractivity contribution in [3.05, 3.63) is 72.9 Å². The zero-order chi connectivity index (χ0) is 61.9. The molecule has 492 valence electrons. The molecule has 3 saturated heterocycles. The number of nitrogens with one attached hydrogen (secondary N) is 1. The number of ether oxygens (including phenoxy) is 6. The first-order valence-electron chi connectivity index (χ1n) is 32.7. The minimum atomic E-state index is -1.98. The van der Waals surface area contributed by atoms with Gasteiger partial charge >= 0.3 is 0 Å². The highest BCUT2D eigenvalue weighted by atomic mass is 16.8. The number of rotatable bonds is 48. The molecule has 0 spiro atoms. The molecule has 0 radical (unpaired) electrons. The van der Waals surface area contributed by atoms with E-state index in [1.165, 1.54) is 77.0 Å². The van der Waals surface area contributed by atoms with Crippen molar-refractivity contribution >= 4 is 5.91 Å². The minimum Gasteiger partial charge on any atom is -0.394 e. The lowest BCUT2D eigenvalue weighted by molar-refractivity contribution is -0.379. The normalized spacial score (nSPS) is 29.4. The number of hydrogen-bond acceptors (Lipinski definition) is 18. The van der Waals surface area contributed by atoms with Crippen LogP contribution in [0.4, 0.5) is 0 Å². The van der Waals surface area contributed by atoms with E-state index in [1.54, 1.807) is 6.08 Å². The van der Waals surface area contributed by atoms with Crippen molar-refractivity contribution in [3.8, 4) is 0 Å². The van der Waals surface area contributed by atoms with Gasteiger partial charge in [-0.1, -0.05) is 209 Å². The molecule has 0 aliphatic carbocycles. The third-order valence-electron chi connectivity index (χ3n) is 16.0. The molecule has 85 heavy (non-hydrogen) atoms. The molecule has 0 aromatic carbocycles. The Balaban J connectivity index is 1.47. The van der Waals surface area contributed by atoms with Crippen molar-refractivity contribution in [3.63, 3.8) is 0 Å². The van der Waals surface area contributed by atoms with Gasteiger partial charge in [-0.3, -0.25) is 4.79 Å². The first-order valence-corrected chi connectivity index (χ1v) is 32.7. The predicted octanol–water partition coefficient (Wildman–Crippen LogP) is 7.38. The van der Waals surface area contributed by atoms with Crippen molar-refractivity contribution in [2.75, 3.05) is 26.4 Å². The topological polar surface area (TPSA) is 307 Å². The van der Waals surface area contributed by atoms with Crippen LogP contribution in [0, 0.1) is 0 Å². The van der Waals surface area contributed by atoms with Crippen molar-refractivity contribution in [2.45, 2.75) is 311 Å². The smallest absolute Gasteiger partial charge is 0.220 e. The second-order valence-corrected chi connectivity index (χ2v) is 23.2. The van der Waals surface area contributed by atoms with Gasteiger partial charge in [0.05, 0.1) is 38.6 Å². The third kappa shape index (κ3) is 31.0. The van der Waals surface area contributed by atoms with Gasteiger partial charge in [-0.05, 0) is 64.2 Å². The summed E-state index contributed by atoms with van der Waals surface area (Å²) in [4.78, 5) is 13.4. The number of hydrogen-bond donors (Lipinski definition) is 12. The van der Waals surface area contributed by atoms with Gasteiger partial charge < -0.3 is 89.9 Å². The van der Waals surface area contributed by atoms with Crippen molar-refractivity contribution in [2.24, 2.45) is 0 Å². The molecule has 0 aromatic heterocycles. The maximum absolute atomic E-state index is 13.4. The fraction of sp³-hybridized carbons (Fsp3) is 0.803. The maximum atomic E-state index is 13.4. The quantitative estimate of drug-likeness (QED) is 0.0209. The summed E-state index contributed by atoms with van der Waals surface area (Å²) in [6, 6.07) is -0.983. The van der Waals surface area contributed by atoms with Gasteiger partial charge in [0.25, 0.3) is 0 Å². The number of aliphatic hydroxyl groups is 11. The van der Waals surface area contributed by atoms with Gasteiger partial charge in [0.2, 0.25) is 5.91 Å². The second kappa shape index (κ2) is 48.1. The first-order chi connectivity index (χ1) is 41.3. The zero-order valence-electron chi connectivity index (χ0n) is 51.6. The lowest BCUT2D eigenvalue weighted by atomic mass is 9.96. The number of amides is 1. The van der Waals surface area contributed by atoms with E-state index in [4.69, 9.17) is 28.4 Å². The zero-order valence-corrected chi connectivity index (χ0v) is 51.6. The number of unbranched alkanes of at least 4 members (excludes halogenated alkanes) is 22. The van der Waals surface area contributed by atoms with E-state index in [-0.39, 0.29) is 18.9 Å². The van der Waals surface area contributed by atoms with E-state index in [2.05, 4.69) is 79.9 Å². The molecule has 19 nitrogen and oxygen atoms in total. The summed E-state index contributed by atoms with van der Waals surface area (Å²) in [6.07, 6.45) is 31.5. The van der Waals surface area contributed by atoms with E-state index in [0.29, 0.717) is 6.42 Å². The molecular formula is C66H115NO18. The van der Waals surface area contributed by atoms with Gasteiger partial charge in [0, 0.05) is 6.42 Å². The van der Waals surface area contributed by atoms with Gasteiger partial charge in [0.15, 0.2) is 18.9 Å². The summed E-state index contributed by atoms with van der Waals surface area (Å²) in [6.45, 7) is 1.60. The minimum absolute atomic E-state index is 0.227. The van der Waals surface area contributed by atoms with E-state index < -0.39 is 124 Å². The average Bonchev–Trinajstić information content (AvgIpc) is 3.64. The van der Waals surface area contributed by atoms with Crippen LogP contribution >= 0.6 is 0 Å². The Morgan fingerprint density at radius 3 is 1.27 bits per heavy atom. The lowest BCUT2D eigenvalue weighted by Crippen LogP contribution is -2.66. The Morgan fingerprint density at radius 1 is 0.435 bits per heavy atom. The second-order valence-electron chi connectivity index (χ2n) is 23.2. The monoisotopic (exact) mass is 1210 g/mol. The first kappa shape index (κ1) is 76.5. The third-order valence-corrected chi connectivity index (χ3v) is 16.0. The highest BCUT2D eigenvalue weighted by Gasteiger charge is 2.53. The number of allylic oxidation sites excluding steroid dienone is 11. The van der Waals surface area contributed by atoms with Crippen molar-refractivity contribution < 1.29 is 89.4 Å². The Morgan fingerprint density at radius 2 is 0.812 bits per heavy atom. The molecular weight excluding hydrogens is 1090 g/mol. The Labute approximate surface area is 508 Å². The number of carbonyl (C=O) groups is 1. The fourth-order valence-corrected chi connectivity index (χ4v) is 10.7. The Hall–Kier alpha value is -2.77. The maximum Gasteiger partial charge on any atom is 0.220 e. The van der Waals surface area contributed by atoms with Crippen LogP contribution in [0.15, 0.2) is 72.9 Å². The molecule has 3 rings (SSSR count). The summed E-state index contributed by atoms with van der Waals surface area (Å²) in [5.41, 5.74) is 0. The molecule has 1 amide bonds. The molecule has 12 N–H and O–H groups in total. The number of aliphatic hydroxyl groups excluding tert-OH is 11. The van der Waals surface area contributed by atoms with Gasteiger partial charge in [0.1, 0.15) is 73.2 Å². The Bertz CT molecular complexity index is 1830. The molecule has 0 aromatic rings. The van der Waals surface area contributed by atoms with E-state index in [1.807, 2.05) is 6.08 Å². The summed E-state index contributed by atoms with van der Waals surface area (Å²) >= 11 is 0. The van der Waals surface area contributed by atoms with Gasteiger partial charge in [-0.2, -0.15) is 0 Å². The van der Waals surface area contributed by atoms with Crippen LogP contribution in [0.2, 0.25) is 0 Å². The van der Waals surface area contributed by atoms with Gasteiger partial charge in [-0.25, -0.2) is 0 Å². The van der Waals surface area contributed by atoms with E-state index >= 15 is 0 Å². The standard InChI is InChI=1S/C66H115NO18/c1-3-5-7-9-11-13-15-17-19-21-22-23-24-25-26-28-30-32-34-36-38-40-42-44-54(72)67-49(50(71)43-41-39-37-35-33-31-29-27-20-18-16-14-12-10-8-6-4-2)48-80-64-60(78)57(75)62(52(46-69)82-64)85-66-61(79)58(76)63(53(47-70)83-66)84-65-59(77)56(74)55(73)51(45-68)81-65/h5,7,11,13,17,19,22-23,25-26,41,43,49-53,55-66,68-71,73-79H,3-4,6,8-10,12,14-16,18,20-21,24,27-40,42,44-48H2,1-2H3,(H,67,72)/b7-5-,13-11-,19-17-,23-22-,26-25-,43-41+. The highest BCUT2D eigenvalue weighted by molar-refractivity contribution is 5.76. The van der Waals surface area contributed by atoms with Crippen LogP contribution in [0.25, 0.3) is 0 Å². The van der Waals surface area contributed by atoms with Gasteiger partial charge in [-0.15, -0.1) is 0 Å². The highest BCUT2D eigenvalue weighted by Crippen LogP contribution is 2.33. The van der Waals surface area contributed by atoms with E-state index in [9.17, 15) is 61.0 Å². The van der Waals surface area contributed by atoms with Crippen LogP contribution in [-0.2, 0) is 33.2 Å². The summed E-state index contributed by atoms with van der Waals surface area (Å²) in [5, 5.41) is 120. The SMILES string of the molecule is CC/C=C\C/C=C\C/C=C\C/C=C\C/C=C\CCCCCCCCCC(=O)NC(COC1OC(CO)C(OC2OC(CO)C(OC3OC(CO)C(O)C(O)C3O)C(O)C2O)C(O)C1O)C(O)/C=C/CCCCCCCCCCCCCCCCC. The molecule has 0 saturated carbocycles. The molecule has 17 atom stereocenters. The average molecular weight is 1210 g/mol. The molecule has 3 fully saturated rings. The van der Waals surface area contributed by atoms with Crippen LogP contribution in [0.1, 0.15) is 206 Å². The summed E-state index contributed by atoms with van der Waals surface area (Å²) < 4.78 is 34.3. The van der Waals surface area contributed by atoms with Crippen LogP contribution < -0.4 is 5.32 Å². The van der Waals surface area contributed by atoms with Crippen LogP contribution in [0.3, 0.4) is 0 Å². The van der Waals surface area contributed by atoms with E-state index in [0.717, 1.165) is 103 Å². The molecule has 17 unspecified atom stereocenters. The van der Waals surface area contributed by atoms with Crippen LogP contribution in [-0.4, -0.2) is 193 Å². The predicted molar refractivity (Wildman–Crippen MR) is 328 cm³/mol. The number of carbonyl (C=O) groups excluding carboxylic acids is 1. The molecule has 3 heterocycles. The summed E-state index contributed by atoms with van der Waals surface area (Å²) in [5.74, 6) is -0.289. The molecule has 3 aliphatic heterocycles. The van der Waals surface area contributed by atoms with Crippen molar-refractivity contribution in [1.82, 2.24) is 5.32 Å². The molecule has 0 bridgehead atoms. The largest absolute Gasteiger partial charge is 0.394 e. The fourth-order valence-electron chi connectivity index (χ4n) is 10.7. The van der Waals surface area contributed by atoms with Crippen LogP contribution in [0.5, 0.6) is 0 Å². The molecule has 19 heteroatoms. The van der Waals surface area contributed by atoms with Crippen molar-refractivity contribution in [1.29, 1.82) is 0 Å². The summed E-state index contributed by atoms with van der Waals surface area (Å²) in [7, 11) is 0. The lowest BCUT2D eigenvalue weighted by Gasteiger charge is -2.48. The Kier molecular flexibility index (Phi) is 43.3. The molecule has 3 aliphatic rings.